The Bertz CT molecular complexity index is 1430. The summed E-state index contributed by atoms with van der Waals surface area (Å²) in [6, 6.07) is 16.9. The predicted molar refractivity (Wildman–Crippen MR) is 139 cm³/mol. The molecule has 6 rings (SSSR count). The number of benzene rings is 2. The van der Waals surface area contributed by atoms with E-state index in [9.17, 15) is 9.90 Å². The van der Waals surface area contributed by atoms with Crippen LogP contribution >= 0.6 is 0 Å². The zero-order valence-corrected chi connectivity index (χ0v) is 19.8. The van der Waals surface area contributed by atoms with Crippen molar-refractivity contribution in [2.45, 2.75) is 12.5 Å². The van der Waals surface area contributed by atoms with Crippen LogP contribution in [0, 0.1) is 0 Å². The number of aromatic nitrogens is 2. The first kappa shape index (κ1) is 22.5. The van der Waals surface area contributed by atoms with Gasteiger partial charge in [-0.25, -0.2) is 4.98 Å². The first-order valence-electron chi connectivity index (χ1n) is 12.2. The van der Waals surface area contributed by atoms with Crippen molar-refractivity contribution in [1.29, 1.82) is 0 Å². The number of nitrogens with zero attached hydrogens (tertiary/aromatic N) is 4. The van der Waals surface area contributed by atoms with Crippen LogP contribution in [0.5, 0.6) is 0 Å². The van der Waals surface area contributed by atoms with Crippen LogP contribution in [0.1, 0.15) is 6.42 Å². The van der Waals surface area contributed by atoms with E-state index in [4.69, 9.17) is 9.15 Å². The van der Waals surface area contributed by atoms with Gasteiger partial charge in [-0.1, -0.05) is 24.3 Å². The fourth-order valence-corrected chi connectivity index (χ4v) is 4.73. The lowest BCUT2D eigenvalue weighted by Crippen LogP contribution is -2.36. The Balaban J connectivity index is 1.27. The molecule has 4 aromatic rings. The lowest BCUT2D eigenvalue weighted by molar-refractivity contribution is 0.121. The van der Waals surface area contributed by atoms with Gasteiger partial charge in [0.05, 0.1) is 24.7 Å². The first-order valence-corrected chi connectivity index (χ1v) is 12.2. The maximum Gasteiger partial charge on any atom is 0.229 e. The van der Waals surface area contributed by atoms with Gasteiger partial charge in [0, 0.05) is 49.7 Å². The summed E-state index contributed by atoms with van der Waals surface area (Å²) >= 11 is 0. The third kappa shape index (κ3) is 4.50. The molecule has 2 aromatic heterocycles. The fraction of sp³-hybridized carbons (Fsp3) is 0.296. The van der Waals surface area contributed by atoms with Crippen LogP contribution in [0.2, 0.25) is 0 Å². The van der Waals surface area contributed by atoms with Crippen LogP contribution in [0.3, 0.4) is 0 Å². The molecule has 0 amide bonds. The molecule has 2 aliphatic heterocycles. The normalized spacial score (nSPS) is 18.1. The number of nitrogens with one attached hydrogen (secondary N) is 1. The number of para-hydroxylation sites is 1. The molecule has 0 bridgehead atoms. The SMILES string of the molecule is O=c1cc(N2CCOCC2)oc2c(-c3ccc(Nc4nccc(N5CCC(O)C5)n4)cc3)cccc12. The van der Waals surface area contributed by atoms with Gasteiger partial charge in [0.25, 0.3) is 0 Å². The Morgan fingerprint density at radius 1 is 1.00 bits per heavy atom. The maximum atomic E-state index is 12.9. The molecule has 4 heterocycles. The van der Waals surface area contributed by atoms with E-state index in [1.54, 1.807) is 18.3 Å². The van der Waals surface area contributed by atoms with E-state index in [1.165, 1.54) is 0 Å². The summed E-state index contributed by atoms with van der Waals surface area (Å²) in [7, 11) is 0. The molecule has 2 fully saturated rings. The Morgan fingerprint density at radius 2 is 1.83 bits per heavy atom. The zero-order valence-electron chi connectivity index (χ0n) is 19.8. The number of aliphatic hydroxyl groups is 1. The maximum absolute atomic E-state index is 12.9. The largest absolute Gasteiger partial charge is 0.440 e. The van der Waals surface area contributed by atoms with E-state index in [0.29, 0.717) is 55.6 Å². The average molecular weight is 486 g/mol. The number of ether oxygens (including phenoxy) is 1. The second-order valence-electron chi connectivity index (χ2n) is 9.06. The molecule has 9 nitrogen and oxygen atoms in total. The van der Waals surface area contributed by atoms with Crippen molar-refractivity contribution < 1.29 is 14.3 Å². The van der Waals surface area contributed by atoms with E-state index in [2.05, 4.69) is 20.2 Å². The molecule has 0 spiro atoms. The lowest BCUT2D eigenvalue weighted by atomic mass is 10.0. The van der Waals surface area contributed by atoms with Crippen LogP contribution in [-0.4, -0.2) is 60.6 Å². The van der Waals surface area contributed by atoms with Gasteiger partial charge in [0.15, 0.2) is 11.3 Å². The van der Waals surface area contributed by atoms with Gasteiger partial charge in [-0.15, -0.1) is 0 Å². The van der Waals surface area contributed by atoms with Crippen molar-refractivity contribution >= 4 is 34.3 Å². The number of β-amino-alcohol motifs (C(OH)–C–C–N with tert-alkyl or cyclic N) is 1. The minimum Gasteiger partial charge on any atom is -0.440 e. The van der Waals surface area contributed by atoms with Crippen molar-refractivity contribution in [2.24, 2.45) is 0 Å². The molecule has 1 unspecified atom stereocenters. The summed E-state index contributed by atoms with van der Waals surface area (Å²) in [6.07, 6.45) is 2.15. The highest BCUT2D eigenvalue weighted by Crippen LogP contribution is 2.31. The van der Waals surface area contributed by atoms with Gasteiger partial charge in [-0.2, -0.15) is 4.98 Å². The predicted octanol–water partition coefficient (Wildman–Crippen LogP) is 3.40. The first-order chi connectivity index (χ1) is 17.6. The summed E-state index contributed by atoms with van der Waals surface area (Å²) in [5.74, 6) is 1.86. The van der Waals surface area contributed by atoms with E-state index >= 15 is 0 Å². The van der Waals surface area contributed by atoms with Gasteiger partial charge in [0.2, 0.25) is 5.95 Å². The number of morpholine rings is 1. The number of aliphatic hydroxyl groups excluding tert-OH is 1. The molecule has 0 saturated carbocycles. The third-order valence-corrected chi connectivity index (χ3v) is 6.64. The van der Waals surface area contributed by atoms with E-state index in [1.807, 2.05) is 47.4 Å². The van der Waals surface area contributed by atoms with Gasteiger partial charge < -0.3 is 29.4 Å². The molecular weight excluding hydrogens is 458 g/mol. The quantitative estimate of drug-likeness (QED) is 0.440. The molecule has 36 heavy (non-hydrogen) atoms. The van der Waals surface area contributed by atoms with E-state index in [0.717, 1.165) is 35.6 Å². The number of hydrogen-bond donors (Lipinski definition) is 2. The molecule has 1 atom stereocenters. The van der Waals surface area contributed by atoms with Gasteiger partial charge in [-0.05, 0) is 36.2 Å². The number of hydrogen-bond acceptors (Lipinski definition) is 9. The summed E-state index contributed by atoms with van der Waals surface area (Å²) in [5, 5.41) is 13.6. The molecular formula is C27H27N5O4. The molecule has 2 saturated heterocycles. The molecule has 2 aliphatic rings. The monoisotopic (exact) mass is 485 g/mol. The van der Waals surface area contributed by atoms with Crippen LogP contribution in [0.4, 0.5) is 23.3 Å². The van der Waals surface area contributed by atoms with Crippen molar-refractivity contribution in [3.05, 3.63) is 71.0 Å². The molecule has 2 aromatic carbocycles. The summed E-state index contributed by atoms with van der Waals surface area (Å²) in [6.45, 7) is 3.98. The number of rotatable bonds is 5. The van der Waals surface area contributed by atoms with E-state index < -0.39 is 0 Å². The second kappa shape index (κ2) is 9.60. The number of fused-ring (bicyclic) bond motifs is 1. The molecule has 2 N–H and O–H groups in total. The summed E-state index contributed by atoms with van der Waals surface area (Å²) in [5.41, 5.74) is 3.16. The third-order valence-electron chi connectivity index (χ3n) is 6.64. The number of anilines is 4. The highest BCUT2D eigenvalue weighted by Gasteiger charge is 2.22. The molecule has 0 radical (unpaired) electrons. The molecule has 184 valence electrons. The highest BCUT2D eigenvalue weighted by atomic mass is 16.5. The van der Waals surface area contributed by atoms with Crippen molar-refractivity contribution in [3.8, 4) is 11.1 Å². The second-order valence-corrected chi connectivity index (χ2v) is 9.06. The van der Waals surface area contributed by atoms with Crippen LogP contribution in [-0.2, 0) is 4.74 Å². The topological polar surface area (TPSA) is 104 Å². The van der Waals surface area contributed by atoms with Crippen LogP contribution < -0.4 is 20.5 Å². The molecule has 9 heteroatoms. The standard InChI is InChI=1S/C27H27N5O4/c33-20-9-11-32(17-20)24-8-10-28-27(30-24)29-19-6-4-18(5-7-19)21-2-1-3-22-23(34)16-25(36-26(21)22)31-12-14-35-15-13-31/h1-8,10,16,20,33H,9,11-15,17H2,(H,28,29,30). The highest BCUT2D eigenvalue weighted by molar-refractivity contribution is 5.92. The average Bonchev–Trinajstić information content (AvgIpc) is 3.36. The Hall–Kier alpha value is -3.95. The van der Waals surface area contributed by atoms with Gasteiger partial charge >= 0.3 is 0 Å². The van der Waals surface area contributed by atoms with Crippen LogP contribution in [0.25, 0.3) is 22.1 Å². The summed E-state index contributed by atoms with van der Waals surface area (Å²) in [4.78, 5) is 25.9. The minimum absolute atomic E-state index is 0.0552. The van der Waals surface area contributed by atoms with Crippen molar-refractivity contribution in [3.63, 3.8) is 0 Å². The summed E-state index contributed by atoms with van der Waals surface area (Å²) < 4.78 is 11.7. The van der Waals surface area contributed by atoms with Crippen LogP contribution in [0.15, 0.2) is 70.0 Å². The lowest BCUT2D eigenvalue weighted by Gasteiger charge is -2.27. The van der Waals surface area contributed by atoms with Crippen molar-refractivity contribution in [2.75, 3.05) is 54.5 Å². The smallest absolute Gasteiger partial charge is 0.229 e. The van der Waals surface area contributed by atoms with Crippen molar-refractivity contribution in [1.82, 2.24) is 9.97 Å². The fourth-order valence-electron chi connectivity index (χ4n) is 4.73. The molecule has 0 aliphatic carbocycles. The Labute approximate surface area is 208 Å². The Morgan fingerprint density at radius 3 is 2.61 bits per heavy atom. The van der Waals surface area contributed by atoms with Gasteiger partial charge in [-0.3, -0.25) is 4.79 Å². The van der Waals surface area contributed by atoms with Gasteiger partial charge in [0.1, 0.15) is 11.4 Å². The zero-order chi connectivity index (χ0) is 24.5. The Kier molecular flexibility index (Phi) is 6.00. The van der Waals surface area contributed by atoms with E-state index in [-0.39, 0.29) is 11.5 Å². The minimum atomic E-state index is -0.313.